The summed E-state index contributed by atoms with van der Waals surface area (Å²) in [6.45, 7) is 6.96. The van der Waals surface area contributed by atoms with Crippen LogP contribution >= 0.6 is 0 Å². The number of rotatable bonds is 3. The highest BCUT2D eigenvalue weighted by Gasteiger charge is 2.23. The third-order valence-corrected chi connectivity index (χ3v) is 3.60. The van der Waals surface area contributed by atoms with Gasteiger partial charge in [-0.25, -0.2) is 4.79 Å². The summed E-state index contributed by atoms with van der Waals surface area (Å²) >= 11 is 0. The highest BCUT2D eigenvalue weighted by Crippen LogP contribution is 2.17. The van der Waals surface area contributed by atoms with Crippen molar-refractivity contribution in [3.05, 3.63) is 33.2 Å². The maximum Gasteiger partial charge on any atom is 0.344 e. The van der Waals surface area contributed by atoms with Crippen molar-refractivity contribution in [3.8, 4) is 0 Å². The van der Waals surface area contributed by atoms with Gasteiger partial charge in [-0.2, -0.15) is 0 Å². The highest BCUT2D eigenvalue weighted by atomic mass is 16.5. The fourth-order valence-electron chi connectivity index (χ4n) is 2.51. The van der Waals surface area contributed by atoms with E-state index in [1.165, 1.54) is 0 Å². The van der Waals surface area contributed by atoms with Crippen molar-refractivity contribution in [1.29, 1.82) is 0 Å². The molecule has 0 aliphatic carbocycles. The van der Waals surface area contributed by atoms with Crippen LogP contribution in [0.25, 0.3) is 0 Å². The van der Waals surface area contributed by atoms with E-state index < -0.39 is 5.97 Å². The summed E-state index contributed by atoms with van der Waals surface area (Å²) in [5.74, 6) is -0.509. The second-order valence-electron chi connectivity index (χ2n) is 4.65. The molecule has 2 heterocycles. The molecule has 1 N–H and O–H groups in total. The van der Waals surface area contributed by atoms with E-state index in [-0.39, 0.29) is 17.7 Å². The van der Waals surface area contributed by atoms with Crippen LogP contribution in [-0.2, 0) is 17.6 Å². The van der Waals surface area contributed by atoms with Gasteiger partial charge in [0.05, 0.1) is 6.61 Å². The minimum Gasteiger partial charge on any atom is -0.462 e. The summed E-state index contributed by atoms with van der Waals surface area (Å²) in [6, 6.07) is 0. The predicted octanol–water partition coefficient (Wildman–Crippen LogP) is 0.972. The Kier molecular flexibility index (Phi) is 4.37. The molecule has 0 amide bonds. The molecule has 104 valence electrons. The number of nitrogens with one attached hydrogen (secondary N) is 1. The SMILES string of the molecule is CCOC(=O)c1c2c(c[nH]c1=O)CCN(CC)CC2. The van der Waals surface area contributed by atoms with Gasteiger partial charge >= 0.3 is 5.97 Å². The Bertz CT molecular complexity index is 522. The quantitative estimate of drug-likeness (QED) is 0.826. The number of hydrogen-bond donors (Lipinski definition) is 1. The zero-order valence-electron chi connectivity index (χ0n) is 11.5. The number of carbonyl (C=O) groups excluding carboxylic acids is 1. The van der Waals surface area contributed by atoms with Gasteiger partial charge in [-0.1, -0.05) is 6.92 Å². The second-order valence-corrected chi connectivity index (χ2v) is 4.65. The summed E-state index contributed by atoms with van der Waals surface area (Å²) in [4.78, 5) is 28.8. The largest absolute Gasteiger partial charge is 0.462 e. The second kappa shape index (κ2) is 6.02. The standard InChI is InChI=1S/C14H20N2O3/c1-3-16-7-5-10-9-15-13(17)12(11(10)6-8-16)14(18)19-4-2/h9H,3-8H2,1-2H3,(H,15,17). The molecule has 19 heavy (non-hydrogen) atoms. The van der Waals surface area contributed by atoms with E-state index in [1.807, 2.05) is 0 Å². The van der Waals surface area contributed by atoms with E-state index in [0.717, 1.165) is 43.6 Å². The molecule has 0 saturated heterocycles. The molecule has 0 radical (unpaired) electrons. The third-order valence-electron chi connectivity index (χ3n) is 3.60. The zero-order chi connectivity index (χ0) is 13.8. The van der Waals surface area contributed by atoms with Crippen molar-refractivity contribution in [2.24, 2.45) is 0 Å². The molecule has 2 rings (SSSR count). The monoisotopic (exact) mass is 264 g/mol. The molecule has 0 unspecified atom stereocenters. The number of carbonyl (C=O) groups is 1. The number of hydrogen-bond acceptors (Lipinski definition) is 4. The van der Waals surface area contributed by atoms with Gasteiger partial charge in [0.15, 0.2) is 0 Å². The van der Waals surface area contributed by atoms with E-state index in [9.17, 15) is 9.59 Å². The van der Waals surface area contributed by atoms with Crippen molar-refractivity contribution in [1.82, 2.24) is 9.88 Å². The van der Waals surface area contributed by atoms with Crippen LogP contribution in [-0.4, -0.2) is 42.1 Å². The number of aromatic amines is 1. The predicted molar refractivity (Wildman–Crippen MR) is 72.5 cm³/mol. The van der Waals surface area contributed by atoms with Crippen molar-refractivity contribution in [2.75, 3.05) is 26.2 Å². The first-order valence-electron chi connectivity index (χ1n) is 6.80. The van der Waals surface area contributed by atoms with Gasteiger partial charge in [-0.3, -0.25) is 4.79 Å². The van der Waals surface area contributed by atoms with E-state index in [4.69, 9.17) is 4.74 Å². The van der Waals surface area contributed by atoms with Crippen LogP contribution in [0.3, 0.4) is 0 Å². The summed E-state index contributed by atoms with van der Waals surface area (Å²) < 4.78 is 5.00. The maximum atomic E-state index is 11.9. The van der Waals surface area contributed by atoms with Gasteiger partial charge in [0.2, 0.25) is 0 Å². The summed E-state index contributed by atoms with van der Waals surface area (Å²) in [5, 5.41) is 0. The van der Waals surface area contributed by atoms with Crippen LogP contribution in [0.2, 0.25) is 0 Å². The molecule has 0 aromatic carbocycles. The topological polar surface area (TPSA) is 62.4 Å². The molecule has 1 aliphatic heterocycles. The minimum atomic E-state index is -0.509. The van der Waals surface area contributed by atoms with Crippen molar-refractivity contribution in [2.45, 2.75) is 26.7 Å². The maximum absolute atomic E-state index is 11.9. The number of pyridine rings is 1. The lowest BCUT2D eigenvalue weighted by Crippen LogP contribution is -2.26. The molecule has 5 nitrogen and oxygen atoms in total. The molecule has 0 saturated carbocycles. The molecule has 0 atom stereocenters. The lowest BCUT2D eigenvalue weighted by molar-refractivity contribution is 0.0522. The Labute approximate surface area is 112 Å². The molecular formula is C14H20N2O3. The Morgan fingerprint density at radius 3 is 2.79 bits per heavy atom. The van der Waals surface area contributed by atoms with Crippen LogP contribution in [0.5, 0.6) is 0 Å². The first-order valence-corrected chi connectivity index (χ1v) is 6.80. The smallest absolute Gasteiger partial charge is 0.344 e. The number of aromatic nitrogens is 1. The minimum absolute atomic E-state index is 0.192. The van der Waals surface area contributed by atoms with E-state index in [2.05, 4.69) is 16.8 Å². The van der Waals surface area contributed by atoms with Gasteiger partial charge in [0.1, 0.15) is 5.56 Å². The summed E-state index contributed by atoms with van der Waals surface area (Å²) in [7, 11) is 0. The highest BCUT2D eigenvalue weighted by molar-refractivity contribution is 5.91. The molecule has 0 spiro atoms. The number of ether oxygens (including phenoxy) is 1. The van der Waals surface area contributed by atoms with Crippen LogP contribution in [0.15, 0.2) is 11.0 Å². The van der Waals surface area contributed by atoms with Crippen LogP contribution in [0.4, 0.5) is 0 Å². The third kappa shape index (κ3) is 2.87. The van der Waals surface area contributed by atoms with E-state index in [1.54, 1.807) is 13.1 Å². The number of H-pyrrole nitrogens is 1. The van der Waals surface area contributed by atoms with Crippen molar-refractivity contribution >= 4 is 5.97 Å². The zero-order valence-corrected chi connectivity index (χ0v) is 11.5. The average molecular weight is 264 g/mol. The lowest BCUT2D eigenvalue weighted by Gasteiger charge is -2.16. The van der Waals surface area contributed by atoms with Crippen molar-refractivity contribution < 1.29 is 9.53 Å². The number of likely N-dealkylation sites (N-methyl/N-ethyl adjacent to an activating group) is 1. The van der Waals surface area contributed by atoms with E-state index in [0.29, 0.717) is 0 Å². The van der Waals surface area contributed by atoms with Gasteiger partial charge in [-0.05, 0) is 37.4 Å². The lowest BCUT2D eigenvalue weighted by atomic mass is 10.0. The molecule has 1 aromatic rings. The molecule has 0 bridgehead atoms. The van der Waals surface area contributed by atoms with Crippen LogP contribution in [0.1, 0.15) is 35.3 Å². The number of fused-ring (bicyclic) bond motifs is 1. The number of esters is 1. The summed E-state index contributed by atoms with van der Waals surface area (Å²) in [6.07, 6.45) is 3.31. The molecular weight excluding hydrogens is 244 g/mol. The average Bonchev–Trinajstić information content (AvgIpc) is 2.60. The summed E-state index contributed by atoms with van der Waals surface area (Å²) in [5.41, 5.74) is 1.76. The Morgan fingerprint density at radius 2 is 2.11 bits per heavy atom. The first-order chi connectivity index (χ1) is 9.17. The fraction of sp³-hybridized carbons (Fsp3) is 0.571. The van der Waals surface area contributed by atoms with Gasteiger partial charge in [0, 0.05) is 19.3 Å². The van der Waals surface area contributed by atoms with E-state index >= 15 is 0 Å². The van der Waals surface area contributed by atoms with Crippen LogP contribution < -0.4 is 5.56 Å². The Hall–Kier alpha value is -1.62. The number of nitrogens with zero attached hydrogens (tertiary/aromatic N) is 1. The Morgan fingerprint density at radius 1 is 1.37 bits per heavy atom. The van der Waals surface area contributed by atoms with Crippen molar-refractivity contribution in [3.63, 3.8) is 0 Å². The van der Waals surface area contributed by atoms with Gasteiger partial charge < -0.3 is 14.6 Å². The molecule has 0 fully saturated rings. The molecule has 1 aliphatic rings. The van der Waals surface area contributed by atoms with Gasteiger partial charge in [-0.15, -0.1) is 0 Å². The molecule has 5 heteroatoms. The Balaban J connectivity index is 2.40. The fourth-order valence-corrected chi connectivity index (χ4v) is 2.51. The normalized spacial score (nSPS) is 15.7. The van der Waals surface area contributed by atoms with Gasteiger partial charge in [0.25, 0.3) is 5.56 Å². The first kappa shape index (κ1) is 13.8. The molecule has 1 aromatic heterocycles. The van der Waals surface area contributed by atoms with Crippen LogP contribution in [0, 0.1) is 0 Å².